The van der Waals surface area contributed by atoms with Crippen LogP contribution in [0.5, 0.6) is 0 Å². The number of hydrogen-bond acceptors (Lipinski definition) is 5. The van der Waals surface area contributed by atoms with Crippen molar-refractivity contribution in [3.05, 3.63) is 35.2 Å². The number of aromatic nitrogens is 1. The maximum Gasteiger partial charge on any atom is 0.240 e. The molecule has 26 heavy (non-hydrogen) atoms. The molecule has 6 nitrogen and oxygen atoms in total. The van der Waals surface area contributed by atoms with Gasteiger partial charge in [-0.15, -0.1) is 11.3 Å². The van der Waals surface area contributed by atoms with Crippen molar-refractivity contribution in [2.24, 2.45) is 11.7 Å². The zero-order chi connectivity index (χ0) is 18.7. The molecule has 0 aliphatic carbocycles. The number of nitrogens with zero attached hydrogens (tertiary/aromatic N) is 2. The number of benzene rings is 1. The van der Waals surface area contributed by atoms with E-state index in [0.717, 1.165) is 12.1 Å². The van der Waals surface area contributed by atoms with Gasteiger partial charge in [-0.3, -0.25) is 14.5 Å². The van der Waals surface area contributed by atoms with E-state index in [1.54, 1.807) is 5.38 Å². The number of likely N-dealkylation sites (tertiary alicyclic amines) is 1. The van der Waals surface area contributed by atoms with Gasteiger partial charge in [0.2, 0.25) is 11.8 Å². The largest absolute Gasteiger partial charge is 0.369 e. The Balaban J connectivity index is 1.55. The SMILES string of the molecule is NC(=O)C1CCN(CC(=O)Nc2nc(-c3ccc(F)c(F)c3)cs2)CC1. The minimum atomic E-state index is -0.944. The van der Waals surface area contributed by atoms with Gasteiger partial charge in [-0.05, 0) is 44.1 Å². The van der Waals surface area contributed by atoms with E-state index in [-0.39, 0.29) is 24.3 Å². The molecule has 1 aliphatic rings. The first-order valence-electron chi connectivity index (χ1n) is 8.15. The van der Waals surface area contributed by atoms with Crippen molar-refractivity contribution in [3.8, 4) is 11.3 Å². The molecule has 1 aliphatic heterocycles. The second-order valence-electron chi connectivity index (χ2n) is 6.17. The number of primary amides is 1. The third-order valence-corrected chi connectivity index (χ3v) is 5.08. The number of carbonyl (C=O) groups excluding carboxylic acids is 2. The summed E-state index contributed by atoms with van der Waals surface area (Å²) in [4.78, 5) is 29.5. The van der Waals surface area contributed by atoms with Gasteiger partial charge >= 0.3 is 0 Å². The first kappa shape index (κ1) is 18.4. The van der Waals surface area contributed by atoms with Crippen LogP contribution in [0.4, 0.5) is 13.9 Å². The highest BCUT2D eigenvalue weighted by atomic mass is 32.1. The average molecular weight is 380 g/mol. The topological polar surface area (TPSA) is 88.3 Å². The lowest BCUT2D eigenvalue weighted by Crippen LogP contribution is -2.42. The molecule has 3 rings (SSSR count). The van der Waals surface area contributed by atoms with E-state index >= 15 is 0 Å². The Morgan fingerprint density at radius 2 is 2.00 bits per heavy atom. The third-order valence-electron chi connectivity index (χ3n) is 4.32. The number of rotatable bonds is 5. The number of hydrogen-bond donors (Lipinski definition) is 2. The van der Waals surface area contributed by atoms with Crippen molar-refractivity contribution in [1.29, 1.82) is 0 Å². The van der Waals surface area contributed by atoms with Crippen molar-refractivity contribution >= 4 is 28.3 Å². The molecule has 0 spiro atoms. The Morgan fingerprint density at radius 1 is 1.27 bits per heavy atom. The second-order valence-corrected chi connectivity index (χ2v) is 7.03. The zero-order valence-corrected chi connectivity index (χ0v) is 14.7. The minimum Gasteiger partial charge on any atom is -0.369 e. The smallest absolute Gasteiger partial charge is 0.240 e. The van der Waals surface area contributed by atoms with Crippen LogP contribution < -0.4 is 11.1 Å². The van der Waals surface area contributed by atoms with Gasteiger partial charge in [0.05, 0.1) is 12.2 Å². The lowest BCUT2D eigenvalue weighted by molar-refractivity contribution is -0.123. The number of amides is 2. The number of nitrogens with two attached hydrogens (primary N) is 1. The maximum absolute atomic E-state index is 13.3. The van der Waals surface area contributed by atoms with Crippen molar-refractivity contribution in [2.75, 3.05) is 25.0 Å². The predicted molar refractivity (Wildman–Crippen MR) is 94.5 cm³/mol. The molecule has 0 atom stereocenters. The molecular weight excluding hydrogens is 362 g/mol. The average Bonchev–Trinajstić information content (AvgIpc) is 3.06. The van der Waals surface area contributed by atoms with Gasteiger partial charge in [-0.2, -0.15) is 0 Å². The van der Waals surface area contributed by atoms with Crippen LogP contribution in [-0.4, -0.2) is 41.3 Å². The molecule has 1 aromatic heterocycles. The summed E-state index contributed by atoms with van der Waals surface area (Å²) in [5, 5.41) is 4.76. The van der Waals surface area contributed by atoms with E-state index in [4.69, 9.17) is 5.73 Å². The third kappa shape index (κ3) is 4.41. The Kier molecular flexibility index (Phi) is 5.58. The molecule has 0 radical (unpaired) electrons. The Labute approximate surface area is 153 Å². The molecule has 0 saturated carbocycles. The van der Waals surface area contributed by atoms with Gasteiger partial charge in [0.1, 0.15) is 0 Å². The minimum absolute atomic E-state index is 0.119. The van der Waals surface area contributed by atoms with Crippen molar-refractivity contribution in [1.82, 2.24) is 9.88 Å². The lowest BCUT2D eigenvalue weighted by atomic mass is 9.96. The number of piperidine rings is 1. The molecule has 2 amide bonds. The van der Waals surface area contributed by atoms with Gasteiger partial charge < -0.3 is 11.1 Å². The van der Waals surface area contributed by atoms with Crippen LogP contribution in [0.25, 0.3) is 11.3 Å². The van der Waals surface area contributed by atoms with E-state index in [0.29, 0.717) is 42.3 Å². The lowest BCUT2D eigenvalue weighted by Gasteiger charge is -2.29. The summed E-state index contributed by atoms with van der Waals surface area (Å²) in [6.45, 7) is 1.48. The van der Waals surface area contributed by atoms with Gasteiger partial charge in [0.15, 0.2) is 16.8 Å². The molecule has 9 heteroatoms. The van der Waals surface area contributed by atoms with Crippen LogP contribution in [0.3, 0.4) is 0 Å². The molecule has 0 bridgehead atoms. The molecule has 2 heterocycles. The highest BCUT2D eigenvalue weighted by Gasteiger charge is 2.24. The molecule has 2 aromatic rings. The summed E-state index contributed by atoms with van der Waals surface area (Å²) < 4.78 is 26.3. The normalized spacial score (nSPS) is 15.8. The van der Waals surface area contributed by atoms with Crippen molar-refractivity contribution < 1.29 is 18.4 Å². The summed E-state index contributed by atoms with van der Waals surface area (Å²) in [6.07, 6.45) is 1.31. The fraction of sp³-hybridized carbons (Fsp3) is 0.353. The summed E-state index contributed by atoms with van der Waals surface area (Å²) in [5.74, 6) is -2.49. The van der Waals surface area contributed by atoms with Gasteiger partial charge in [-0.25, -0.2) is 13.8 Å². The first-order valence-corrected chi connectivity index (χ1v) is 9.03. The Morgan fingerprint density at radius 3 is 2.65 bits per heavy atom. The monoisotopic (exact) mass is 380 g/mol. The molecular formula is C17H18F2N4O2S. The Bertz CT molecular complexity index is 819. The number of nitrogens with one attached hydrogen (secondary N) is 1. The Hall–Kier alpha value is -2.39. The van der Waals surface area contributed by atoms with Crippen LogP contribution in [-0.2, 0) is 9.59 Å². The molecule has 1 aromatic carbocycles. The fourth-order valence-electron chi connectivity index (χ4n) is 2.86. The van der Waals surface area contributed by atoms with E-state index in [9.17, 15) is 18.4 Å². The van der Waals surface area contributed by atoms with Gasteiger partial charge in [0.25, 0.3) is 0 Å². The van der Waals surface area contributed by atoms with Crippen LogP contribution in [0, 0.1) is 17.6 Å². The van der Waals surface area contributed by atoms with Crippen LogP contribution in [0.2, 0.25) is 0 Å². The highest BCUT2D eigenvalue weighted by molar-refractivity contribution is 7.14. The quantitative estimate of drug-likeness (QED) is 0.833. The standard InChI is InChI=1S/C17H18F2N4O2S/c18-12-2-1-11(7-13(12)19)14-9-26-17(21-14)22-15(24)8-23-5-3-10(4-6-23)16(20)25/h1-2,7,9-10H,3-6,8H2,(H2,20,25)(H,21,22,24). The number of thiazole rings is 1. The van der Waals surface area contributed by atoms with E-state index < -0.39 is 11.6 Å². The van der Waals surface area contributed by atoms with Gasteiger partial charge in [0, 0.05) is 16.9 Å². The maximum atomic E-state index is 13.3. The summed E-state index contributed by atoms with van der Waals surface area (Å²) in [5.41, 5.74) is 6.20. The van der Waals surface area contributed by atoms with Crippen LogP contribution >= 0.6 is 11.3 Å². The van der Waals surface area contributed by atoms with E-state index in [1.807, 2.05) is 4.90 Å². The van der Waals surface area contributed by atoms with Crippen molar-refractivity contribution in [3.63, 3.8) is 0 Å². The van der Waals surface area contributed by atoms with E-state index in [2.05, 4.69) is 10.3 Å². The molecule has 3 N–H and O–H groups in total. The second kappa shape index (κ2) is 7.88. The van der Waals surface area contributed by atoms with Crippen LogP contribution in [0.1, 0.15) is 12.8 Å². The highest BCUT2D eigenvalue weighted by Crippen LogP contribution is 2.26. The van der Waals surface area contributed by atoms with Crippen LogP contribution in [0.15, 0.2) is 23.6 Å². The molecule has 0 unspecified atom stereocenters. The van der Waals surface area contributed by atoms with E-state index in [1.165, 1.54) is 17.4 Å². The zero-order valence-electron chi connectivity index (χ0n) is 13.9. The predicted octanol–water partition coefficient (Wildman–Crippen LogP) is 2.22. The molecule has 138 valence electrons. The first-order chi connectivity index (χ1) is 12.4. The number of carbonyl (C=O) groups is 2. The van der Waals surface area contributed by atoms with Gasteiger partial charge in [-0.1, -0.05) is 0 Å². The molecule has 1 saturated heterocycles. The summed E-state index contributed by atoms with van der Waals surface area (Å²) in [6, 6.07) is 3.54. The number of anilines is 1. The number of halogens is 2. The van der Waals surface area contributed by atoms with Crippen molar-refractivity contribution in [2.45, 2.75) is 12.8 Å². The summed E-state index contributed by atoms with van der Waals surface area (Å²) >= 11 is 1.21. The summed E-state index contributed by atoms with van der Waals surface area (Å²) in [7, 11) is 0. The molecule has 1 fully saturated rings. The fourth-order valence-corrected chi connectivity index (χ4v) is 3.59.